The normalized spacial score (nSPS) is 20.3. The monoisotopic (exact) mass is 339 g/mol. The first-order valence-corrected chi connectivity index (χ1v) is 9.07. The van der Waals surface area contributed by atoms with Crippen molar-refractivity contribution in [1.82, 2.24) is 15.1 Å². The standard InChI is InChI=1S/C20H25N3O2/c1-15(18-8-4-6-16-5-2-3-7-19(16)18)21-20(24)23-13-17(14-23)22-9-11-25-12-10-22/h2-8,15,17H,9-14H2,1H3,(H,21,24). The molecule has 25 heavy (non-hydrogen) atoms. The lowest BCUT2D eigenvalue weighted by Crippen LogP contribution is -2.64. The molecule has 0 saturated carbocycles. The van der Waals surface area contributed by atoms with Gasteiger partial charge >= 0.3 is 6.03 Å². The molecule has 0 bridgehead atoms. The van der Waals surface area contributed by atoms with Gasteiger partial charge in [0.05, 0.1) is 19.3 Å². The van der Waals surface area contributed by atoms with Crippen molar-refractivity contribution in [2.45, 2.75) is 19.0 Å². The second-order valence-corrected chi connectivity index (χ2v) is 6.95. The number of ether oxygens (including phenoxy) is 1. The zero-order valence-corrected chi connectivity index (χ0v) is 14.6. The summed E-state index contributed by atoms with van der Waals surface area (Å²) in [4.78, 5) is 16.9. The van der Waals surface area contributed by atoms with Crippen molar-refractivity contribution in [3.63, 3.8) is 0 Å². The fourth-order valence-electron chi connectivity index (χ4n) is 3.78. The average Bonchev–Trinajstić information content (AvgIpc) is 2.61. The lowest BCUT2D eigenvalue weighted by atomic mass is 9.99. The summed E-state index contributed by atoms with van der Waals surface area (Å²) in [6.45, 7) is 7.25. The molecule has 0 aromatic heterocycles. The molecule has 0 aliphatic carbocycles. The Morgan fingerprint density at radius 2 is 1.84 bits per heavy atom. The van der Waals surface area contributed by atoms with Crippen LogP contribution in [0.15, 0.2) is 42.5 Å². The van der Waals surface area contributed by atoms with E-state index in [-0.39, 0.29) is 12.1 Å². The van der Waals surface area contributed by atoms with Crippen molar-refractivity contribution < 1.29 is 9.53 Å². The van der Waals surface area contributed by atoms with Gasteiger partial charge in [-0.1, -0.05) is 42.5 Å². The Hall–Kier alpha value is -2.11. The zero-order chi connectivity index (χ0) is 17.2. The minimum Gasteiger partial charge on any atom is -0.379 e. The van der Waals surface area contributed by atoms with Crippen molar-refractivity contribution in [3.05, 3.63) is 48.0 Å². The van der Waals surface area contributed by atoms with Crippen molar-refractivity contribution >= 4 is 16.8 Å². The number of urea groups is 1. The van der Waals surface area contributed by atoms with Gasteiger partial charge in [0.1, 0.15) is 0 Å². The maximum absolute atomic E-state index is 12.5. The molecule has 2 aliphatic rings. The highest BCUT2D eigenvalue weighted by atomic mass is 16.5. The highest BCUT2D eigenvalue weighted by Gasteiger charge is 2.35. The Balaban J connectivity index is 1.36. The summed E-state index contributed by atoms with van der Waals surface area (Å²) in [5.41, 5.74) is 1.16. The van der Waals surface area contributed by atoms with Crippen molar-refractivity contribution in [2.75, 3.05) is 39.4 Å². The van der Waals surface area contributed by atoms with Crippen LogP contribution in [0.3, 0.4) is 0 Å². The first-order valence-electron chi connectivity index (χ1n) is 9.07. The van der Waals surface area contributed by atoms with E-state index in [1.165, 1.54) is 10.8 Å². The molecule has 0 radical (unpaired) electrons. The molecule has 2 fully saturated rings. The number of benzene rings is 2. The second-order valence-electron chi connectivity index (χ2n) is 6.95. The number of rotatable bonds is 3. The fraction of sp³-hybridized carbons (Fsp3) is 0.450. The van der Waals surface area contributed by atoms with Gasteiger partial charge in [-0.25, -0.2) is 4.79 Å². The summed E-state index contributed by atoms with van der Waals surface area (Å²) in [5, 5.41) is 5.56. The molecule has 1 atom stereocenters. The Kier molecular flexibility index (Phi) is 4.59. The van der Waals surface area contributed by atoms with Crippen LogP contribution in [0.1, 0.15) is 18.5 Å². The number of carbonyl (C=O) groups excluding carboxylic acids is 1. The van der Waals surface area contributed by atoms with E-state index in [1.54, 1.807) is 0 Å². The third-order valence-corrected chi connectivity index (χ3v) is 5.34. The number of morpholine rings is 1. The number of amides is 2. The van der Waals surface area contributed by atoms with Crippen LogP contribution in [0.2, 0.25) is 0 Å². The molecule has 2 amide bonds. The zero-order valence-electron chi connectivity index (χ0n) is 14.6. The Labute approximate surface area is 148 Å². The molecule has 2 aliphatic heterocycles. The highest BCUT2D eigenvalue weighted by Crippen LogP contribution is 2.25. The molecule has 2 aromatic carbocycles. The predicted octanol–water partition coefficient (Wildman–Crippen LogP) is 2.63. The van der Waals surface area contributed by atoms with Gasteiger partial charge in [0.15, 0.2) is 0 Å². The lowest BCUT2D eigenvalue weighted by molar-refractivity contribution is -0.0205. The lowest BCUT2D eigenvalue weighted by Gasteiger charge is -2.46. The predicted molar refractivity (Wildman–Crippen MR) is 98.6 cm³/mol. The van der Waals surface area contributed by atoms with Gasteiger partial charge in [-0.05, 0) is 23.3 Å². The molecule has 1 unspecified atom stereocenters. The Morgan fingerprint density at radius 1 is 1.12 bits per heavy atom. The summed E-state index contributed by atoms with van der Waals surface area (Å²) in [5.74, 6) is 0. The van der Waals surface area contributed by atoms with E-state index in [1.807, 2.05) is 17.0 Å². The van der Waals surface area contributed by atoms with Crippen LogP contribution in [0.5, 0.6) is 0 Å². The van der Waals surface area contributed by atoms with E-state index in [0.29, 0.717) is 6.04 Å². The Bertz CT molecular complexity index is 746. The first-order chi connectivity index (χ1) is 12.2. The largest absolute Gasteiger partial charge is 0.379 e. The van der Waals surface area contributed by atoms with Crippen LogP contribution in [0.4, 0.5) is 4.79 Å². The van der Waals surface area contributed by atoms with Gasteiger partial charge in [0, 0.05) is 32.2 Å². The third-order valence-electron chi connectivity index (χ3n) is 5.34. The van der Waals surface area contributed by atoms with Crippen molar-refractivity contribution in [2.24, 2.45) is 0 Å². The van der Waals surface area contributed by atoms with Gasteiger partial charge < -0.3 is 15.0 Å². The summed E-state index contributed by atoms with van der Waals surface area (Å²) >= 11 is 0. The SMILES string of the molecule is CC(NC(=O)N1CC(N2CCOCC2)C1)c1cccc2ccccc12. The summed E-state index contributed by atoms with van der Waals surface area (Å²) in [6.07, 6.45) is 0. The molecule has 1 N–H and O–H groups in total. The minimum atomic E-state index is -0.0129. The molecule has 0 spiro atoms. The van der Waals surface area contributed by atoms with Crippen LogP contribution in [0, 0.1) is 0 Å². The summed E-state index contributed by atoms with van der Waals surface area (Å²) in [6, 6.07) is 15.1. The minimum absolute atomic E-state index is 0.0129. The van der Waals surface area contributed by atoms with E-state index >= 15 is 0 Å². The van der Waals surface area contributed by atoms with E-state index < -0.39 is 0 Å². The molecular formula is C20H25N3O2. The molecule has 2 aromatic rings. The summed E-state index contributed by atoms with van der Waals surface area (Å²) < 4.78 is 5.39. The van der Waals surface area contributed by atoms with Gasteiger partial charge in [-0.3, -0.25) is 4.90 Å². The van der Waals surface area contributed by atoms with Crippen molar-refractivity contribution in [3.8, 4) is 0 Å². The van der Waals surface area contributed by atoms with Crippen molar-refractivity contribution in [1.29, 1.82) is 0 Å². The van der Waals surface area contributed by atoms with E-state index in [9.17, 15) is 4.79 Å². The van der Waals surface area contributed by atoms with E-state index in [0.717, 1.165) is 45.0 Å². The van der Waals surface area contributed by atoms with Gasteiger partial charge in [0.25, 0.3) is 0 Å². The number of fused-ring (bicyclic) bond motifs is 1. The van der Waals surface area contributed by atoms with Gasteiger partial charge in [0.2, 0.25) is 0 Å². The average molecular weight is 339 g/mol. The van der Waals surface area contributed by atoms with Gasteiger partial charge in [-0.15, -0.1) is 0 Å². The topological polar surface area (TPSA) is 44.8 Å². The maximum atomic E-state index is 12.5. The molecular weight excluding hydrogens is 314 g/mol. The molecule has 132 valence electrons. The number of hydrogen-bond acceptors (Lipinski definition) is 3. The van der Waals surface area contributed by atoms with E-state index in [4.69, 9.17) is 4.74 Å². The van der Waals surface area contributed by atoms with Crippen LogP contribution in [-0.2, 0) is 4.74 Å². The van der Waals surface area contributed by atoms with Crippen LogP contribution < -0.4 is 5.32 Å². The first kappa shape index (κ1) is 16.4. The van der Waals surface area contributed by atoms with Crippen LogP contribution in [-0.4, -0.2) is 61.3 Å². The maximum Gasteiger partial charge on any atom is 0.317 e. The van der Waals surface area contributed by atoms with E-state index in [2.05, 4.69) is 47.5 Å². The molecule has 2 saturated heterocycles. The smallest absolute Gasteiger partial charge is 0.317 e. The number of nitrogens with one attached hydrogen (secondary N) is 1. The number of carbonyl (C=O) groups is 1. The number of hydrogen-bond donors (Lipinski definition) is 1. The molecule has 5 heteroatoms. The number of nitrogens with zero attached hydrogens (tertiary/aromatic N) is 2. The quantitative estimate of drug-likeness (QED) is 0.935. The van der Waals surface area contributed by atoms with Gasteiger partial charge in [-0.2, -0.15) is 0 Å². The second kappa shape index (κ2) is 7.02. The van der Waals surface area contributed by atoms with Crippen LogP contribution >= 0.6 is 0 Å². The third kappa shape index (κ3) is 3.34. The van der Waals surface area contributed by atoms with Crippen LogP contribution in [0.25, 0.3) is 10.8 Å². The fourth-order valence-corrected chi connectivity index (χ4v) is 3.78. The summed E-state index contributed by atoms with van der Waals surface area (Å²) in [7, 11) is 0. The molecule has 2 heterocycles. The number of likely N-dealkylation sites (tertiary alicyclic amines) is 1. The Morgan fingerprint density at radius 3 is 2.64 bits per heavy atom. The highest BCUT2D eigenvalue weighted by molar-refractivity contribution is 5.86. The molecule has 5 nitrogen and oxygen atoms in total. The molecule has 4 rings (SSSR count).